The van der Waals surface area contributed by atoms with Crippen LogP contribution < -0.4 is 0 Å². The van der Waals surface area contributed by atoms with Crippen molar-refractivity contribution < 1.29 is 0 Å². The molecule has 3 aromatic heterocycles. The van der Waals surface area contributed by atoms with E-state index in [-0.39, 0.29) is 0 Å². The van der Waals surface area contributed by atoms with Crippen molar-refractivity contribution in [2.45, 2.75) is 33.1 Å². The zero-order chi connectivity index (χ0) is 13.7. The van der Waals surface area contributed by atoms with Gasteiger partial charge in [-0.2, -0.15) is 5.10 Å². The van der Waals surface area contributed by atoms with Crippen molar-refractivity contribution in [2.24, 2.45) is 5.41 Å². The fraction of sp³-hybridized carbons (Fsp3) is 0.375. The van der Waals surface area contributed by atoms with E-state index in [4.69, 9.17) is 0 Å². The fourth-order valence-corrected chi connectivity index (χ4v) is 3.15. The van der Waals surface area contributed by atoms with Gasteiger partial charge in [-0.25, -0.2) is 0 Å². The molecular formula is C16H18N4. The van der Waals surface area contributed by atoms with Crippen LogP contribution >= 0.6 is 0 Å². The van der Waals surface area contributed by atoms with E-state index in [1.807, 2.05) is 18.5 Å². The lowest BCUT2D eigenvalue weighted by atomic mass is 9.76. The lowest BCUT2D eigenvalue weighted by Gasteiger charge is -2.29. The number of rotatable bonds is 1. The van der Waals surface area contributed by atoms with Crippen molar-refractivity contribution in [1.29, 1.82) is 0 Å². The highest BCUT2D eigenvalue weighted by molar-refractivity contribution is 5.80. The van der Waals surface area contributed by atoms with Gasteiger partial charge < -0.3 is 4.98 Å². The Labute approximate surface area is 117 Å². The summed E-state index contributed by atoms with van der Waals surface area (Å²) >= 11 is 0. The maximum atomic E-state index is 4.55. The molecule has 1 aliphatic carbocycles. The summed E-state index contributed by atoms with van der Waals surface area (Å²) < 4.78 is 0. The second-order valence-corrected chi connectivity index (χ2v) is 6.50. The van der Waals surface area contributed by atoms with Gasteiger partial charge in [0.25, 0.3) is 0 Å². The summed E-state index contributed by atoms with van der Waals surface area (Å²) in [6.45, 7) is 4.64. The van der Waals surface area contributed by atoms with Crippen LogP contribution in [0.15, 0.2) is 24.5 Å². The lowest BCUT2D eigenvalue weighted by molar-refractivity contribution is 0.312. The van der Waals surface area contributed by atoms with Crippen LogP contribution in [-0.2, 0) is 12.8 Å². The molecule has 0 spiro atoms. The van der Waals surface area contributed by atoms with Crippen LogP contribution in [-0.4, -0.2) is 20.2 Å². The third-order valence-corrected chi connectivity index (χ3v) is 4.33. The third kappa shape index (κ3) is 1.75. The van der Waals surface area contributed by atoms with Gasteiger partial charge in [-0.1, -0.05) is 13.8 Å². The molecule has 0 saturated carbocycles. The van der Waals surface area contributed by atoms with E-state index in [2.05, 4.69) is 40.1 Å². The molecule has 3 heterocycles. The molecule has 0 radical (unpaired) electrons. The molecule has 20 heavy (non-hydrogen) atoms. The summed E-state index contributed by atoms with van der Waals surface area (Å²) in [5, 5.41) is 7.78. The van der Waals surface area contributed by atoms with Crippen LogP contribution in [0.1, 0.15) is 31.5 Å². The minimum atomic E-state index is 0.373. The van der Waals surface area contributed by atoms with Gasteiger partial charge in [-0.15, -0.1) is 0 Å². The van der Waals surface area contributed by atoms with Crippen LogP contribution in [0.2, 0.25) is 0 Å². The largest absolute Gasteiger partial charge is 0.360 e. The second kappa shape index (κ2) is 3.95. The first-order valence-electron chi connectivity index (χ1n) is 7.12. The summed E-state index contributed by atoms with van der Waals surface area (Å²) in [7, 11) is 0. The Morgan fingerprint density at radius 3 is 3.10 bits per heavy atom. The molecule has 0 atom stereocenters. The molecule has 0 saturated heterocycles. The van der Waals surface area contributed by atoms with Gasteiger partial charge in [0.1, 0.15) is 0 Å². The topological polar surface area (TPSA) is 57.4 Å². The Bertz CT molecular complexity index is 779. The van der Waals surface area contributed by atoms with Gasteiger partial charge in [-0.3, -0.25) is 10.1 Å². The van der Waals surface area contributed by atoms with Crippen molar-refractivity contribution in [2.75, 3.05) is 0 Å². The maximum Gasteiger partial charge on any atom is 0.0971 e. The molecular weight excluding hydrogens is 248 g/mol. The molecule has 0 fully saturated rings. The van der Waals surface area contributed by atoms with Gasteiger partial charge in [0.2, 0.25) is 0 Å². The average molecular weight is 266 g/mol. The highest BCUT2D eigenvalue weighted by Crippen LogP contribution is 2.37. The summed E-state index contributed by atoms with van der Waals surface area (Å²) in [4.78, 5) is 7.70. The number of hydrogen-bond donors (Lipinski definition) is 2. The van der Waals surface area contributed by atoms with Gasteiger partial charge in [0.15, 0.2) is 0 Å². The summed E-state index contributed by atoms with van der Waals surface area (Å²) in [5.74, 6) is 0. The second-order valence-electron chi connectivity index (χ2n) is 6.50. The Balaban J connectivity index is 1.81. The smallest absolute Gasteiger partial charge is 0.0971 e. The molecule has 4 heteroatoms. The summed E-state index contributed by atoms with van der Waals surface area (Å²) in [5.41, 5.74) is 7.27. The minimum absolute atomic E-state index is 0.373. The number of aromatic amines is 2. The molecule has 0 amide bonds. The predicted molar refractivity (Wildman–Crippen MR) is 79.5 cm³/mol. The molecule has 102 valence electrons. The van der Waals surface area contributed by atoms with Gasteiger partial charge in [0.05, 0.1) is 16.7 Å². The summed E-state index contributed by atoms with van der Waals surface area (Å²) in [6, 6.07) is 4.13. The number of pyridine rings is 1. The van der Waals surface area contributed by atoms with E-state index < -0.39 is 0 Å². The molecule has 4 rings (SSSR count). The zero-order valence-electron chi connectivity index (χ0n) is 11.8. The average Bonchev–Trinajstić information content (AvgIpc) is 3.01. The monoisotopic (exact) mass is 266 g/mol. The first-order chi connectivity index (χ1) is 9.62. The van der Waals surface area contributed by atoms with E-state index in [1.54, 1.807) is 0 Å². The Morgan fingerprint density at radius 2 is 2.20 bits per heavy atom. The standard InChI is InChI=1S/C16H18N4/c1-16(2)5-3-11-14(8-16)19-20-15(11)10-7-13-12(18-9-10)4-6-17-13/h4,6-7,9,17H,3,5,8H2,1-2H3,(H,19,20). The Morgan fingerprint density at radius 1 is 1.30 bits per heavy atom. The number of nitrogens with one attached hydrogen (secondary N) is 2. The number of H-pyrrole nitrogens is 2. The maximum absolute atomic E-state index is 4.55. The predicted octanol–water partition coefficient (Wildman–Crippen LogP) is 3.47. The Kier molecular flexibility index (Phi) is 2.31. The quantitative estimate of drug-likeness (QED) is 0.708. The molecule has 0 bridgehead atoms. The van der Waals surface area contributed by atoms with Gasteiger partial charge in [0, 0.05) is 29.2 Å². The van der Waals surface area contributed by atoms with Crippen LogP contribution in [0.3, 0.4) is 0 Å². The molecule has 3 aromatic rings. The number of nitrogens with zero attached hydrogens (tertiary/aromatic N) is 2. The van der Waals surface area contributed by atoms with E-state index in [9.17, 15) is 0 Å². The number of fused-ring (bicyclic) bond motifs is 2. The van der Waals surface area contributed by atoms with Crippen LogP contribution in [0.25, 0.3) is 22.3 Å². The van der Waals surface area contributed by atoms with E-state index in [0.29, 0.717) is 5.41 Å². The molecule has 1 aliphatic rings. The number of aromatic nitrogens is 4. The van der Waals surface area contributed by atoms with Crippen molar-refractivity contribution in [3.63, 3.8) is 0 Å². The summed E-state index contributed by atoms with van der Waals surface area (Å²) in [6.07, 6.45) is 7.23. The third-order valence-electron chi connectivity index (χ3n) is 4.33. The first-order valence-corrected chi connectivity index (χ1v) is 7.12. The van der Waals surface area contributed by atoms with E-state index in [0.717, 1.165) is 35.1 Å². The van der Waals surface area contributed by atoms with Crippen LogP contribution in [0.4, 0.5) is 0 Å². The van der Waals surface area contributed by atoms with Crippen molar-refractivity contribution in [1.82, 2.24) is 20.2 Å². The molecule has 0 aromatic carbocycles. The molecule has 0 unspecified atom stereocenters. The highest BCUT2D eigenvalue weighted by Gasteiger charge is 2.29. The molecule has 4 nitrogen and oxygen atoms in total. The zero-order valence-corrected chi connectivity index (χ0v) is 11.8. The Hall–Kier alpha value is -2.10. The molecule has 0 aliphatic heterocycles. The van der Waals surface area contributed by atoms with E-state index >= 15 is 0 Å². The van der Waals surface area contributed by atoms with Gasteiger partial charge >= 0.3 is 0 Å². The number of hydrogen-bond acceptors (Lipinski definition) is 2. The fourth-order valence-electron chi connectivity index (χ4n) is 3.15. The van der Waals surface area contributed by atoms with E-state index in [1.165, 1.54) is 17.7 Å². The SMILES string of the molecule is CC1(C)CCc2c(-c3cnc4cc[nH]c4c3)n[nH]c2C1. The first kappa shape index (κ1) is 11.7. The highest BCUT2D eigenvalue weighted by atomic mass is 15.1. The van der Waals surface area contributed by atoms with Crippen molar-refractivity contribution in [3.8, 4) is 11.3 Å². The normalized spacial score (nSPS) is 17.3. The van der Waals surface area contributed by atoms with Gasteiger partial charge in [-0.05, 0) is 36.8 Å². The molecule has 2 N–H and O–H groups in total. The minimum Gasteiger partial charge on any atom is -0.360 e. The lowest BCUT2D eigenvalue weighted by Crippen LogP contribution is -2.21. The van der Waals surface area contributed by atoms with Crippen LogP contribution in [0, 0.1) is 5.41 Å². The van der Waals surface area contributed by atoms with Crippen molar-refractivity contribution in [3.05, 3.63) is 35.8 Å². The van der Waals surface area contributed by atoms with Crippen LogP contribution in [0.5, 0.6) is 0 Å². The van der Waals surface area contributed by atoms with Crippen molar-refractivity contribution >= 4 is 11.0 Å².